The van der Waals surface area contributed by atoms with Crippen molar-refractivity contribution >= 4 is 17.8 Å². The van der Waals surface area contributed by atoms with Gasteiger partial charge in [0.15, 0.2) is 0 Å². The highest BCUT2D eigenvalue weighted by molar-refractivity contribution is 5.90. The third-order valence-corrected chi connectivity index (χ3v) is 5.27. The number of rotatable bonds is 7. The lowest BCUT2D eigenvalue weighted by atomic mass is 10.00. The Kier molecular flexibility index (Phi) is 7.39. The molecule has 0 bridgehead atoms. The molecule has 0 unspecified atom stereocenters. The summed E-state index contributed by atoms with van der Waals surface area (Å²) in [7, 11) is 4.44. The number of amides is 2. The van der Waals surface area contributed by atoms with E-state index < -0.39 is 12.0 Å². The molecule has 0 aliphatic carbocycles. The third kappa shape index (κ3) is 5.01. The number of ether oxygens (including phenoxy) is 2. The molecule has 1 saturated heterocycles. The number of likely N-dealkylation sites (N-methyl/N-ethyl adjacent to an activating group) is 1. The number of piperazine rings is 1. The summed E-state index contributed by atoms with van der Waals surface area (Å²) in [5.74, 6) is -0.118. The summed E-state index contributed by atoms with van der Waals surface area (Å²) in [4.78, 5) is 39.6. The van der Waals surface area contributed by atoms with Crippen LogP contribution in [-0.4, -0.2) is 74.5 Å². The summed E-state index contributed by atoms with van der Waals surface area (Å²) >= 11 is 0. The summed E-state index contributed by atoms with van der Waals surface area (Å²) in [5.41, 5.74) is 3.26. The molecular formula is C20H29N3O5. The van der Waals surface area contributed by atoms with Crippen LogP contribution in [0.4, 0.5) is 0 Å². The first-order chi connectivity index (χ1) is 13.3. The van der Waals surface area contributed by atoms with E-state index in [1.165, 1.54) is 19.1 Å². The molecule has 1 heterocycles. The van der Waals surface area contributed by atoms with Gasteiger partial charge in [-0.25, -0.2) is 0 Å². The number of esters is 1. The van der Waals surface area contributed by atoms with Gasteiger partial charge in [0.2, 0.25) is 11.8 Å². The lowest BCUT2D eigenvalue weighted by Crippen LogP contribution is -2.56. The molecule has 2 amide bonds. The van der Waals surface area contributed by atoms with E-state index in [2.05, 4.69) is 10.1 Å². The predicted molar refractivity (Wildman–Crippen MR) is 104 cm³/mol. The molecule has 8 nitrogen and oxygen atoms in total. The van der Waals surface area contributed by atoms with Crippen LogP contribution in [-0.2, 0) is 25.7 Å². The van der Waals surface area contributed by atoms with Crippen molar-refractivity contribution in [2.24, 2.45) is 0 Å². The van der Waals surface area contributed by atoms with E-state index in [0.717, 1.165) is 22.4 Å². The average Bonchev–Trinajstić information content (AvgIpc) is 2.67. The molecule has 1 aromatic carbocycles. The molecule has 0 radical (unpaired) electrons. The topological polar surface area (TPSA) is 88.2 Å². The second kappa shape index (κ2) is 9.54. The van der Waals surface area contributed by atoms with Crippen molar-refractivity contribution in [2.75, 3.05) is 40.9 Å². The molecule has 2 rings (SSSR count). The zero-order chi connectivity index (χ0) is 20.8. The molecular weight excluding hydrogens is 362 g/mol. The van der Waals surface area contributed by atoms with E-state index in [-0.39, 0.29) is 24.8 Å². The fourth-order valence-electron chi connectivity index (χ4n) is 3.30. The number of carbonyl (C=O) groups excluding carboxylic acids is 3. The molecule has 8 heteroatoms. The number of hydrogen-bond acceptors (Lipinski definition) is 6. The normalized spacial score (nSPS) is 17.0. The van der Waals surface area contributed by atoms with Gasteiger partial charge in [-0.05, 0) is 36.6 Å². The van der Waals surface area contributed by atoms with Crippen molar-refractivity contribution in [3.8, 4) is 5.75 Å². The minimum atomic E-state index is -0.580. The van der Waals surface area contributed by atoms with E-state index in [1.54, 1.807) is 7.11 Å². The average molecular weight is 391 g/mol. The van der Waals surface area contributed by atoms with Crippen LogP contribution >= 0.6 is 0 Å². The van der Waals surface area contributed by atoms with Gasteiger partial charge in [0.05, 0.1) is 26.7 Å². The number of nitrogens with zero attached hydrogens (tertiary/aromatic N) is 2. The van der Waals surface area contributed by atoms with Gasteiger partial charge in [0.25, 0.3) is 0 Å². The molecule has 154 valence electrons. The maximum Gasteiger partial charge on any atom is 0.325 e. The minimum absolute atomic E-state index is 0.00745. The lowest BCUT2D eigenvalue weighted by molar-refractivity contribution is -0.147. The number of benzene rings is 1. The van der Waals surface area contributed by atoms with Gasteiger partial charge >= 0.3 is 5.97 Å². The van der Waals surface area contributed by atoms with E-state index >= 15 is 0 Å². The van der Waals surface area contributed by atoms with Crippen LogP contribution in [0.1, 0.15) is 23.1 Å². The Labute approximate surface area is 165 Å². The van der Waals surface area contributed by atoms with Crippen LogP contribution < -0.4 is 10.1 Å². The first-order valence-electron chi connectivity index (χ1n) is 9.24. The number of nitrogens with one attached hydrogen (secondary N) is 1. The Morgan fingerprint density at radius 1 is 1.25 bits per heavy atom. The van der Waals surface area contributed by atoms with Gasteiger partial charge in [-0.3, -0.25) is 19.3 Å². The highest BCUT2D eigenvalue weighted by Gasteiger charge is 2.33. The van der Waals surface area contributed by atoms with Crippen molar-refractivity contribution in [3.63, 3.8) is 0 Å². The molecule has 1 atom stereocenters. The summed E-state index contributed by atoms with van der Waals surface area (Å²) in [5, 5.41) is 2.83. The van der Waals surface area contributed by atoms with Crippen molar-refractivity contribution in [3.05, 3.63) is 28.8 Å². The van der Waals surface area contributed by atoms with Crippen LogP contribution in [0, 0.1) is 13.8 Å². The number of carbonyl (C=O) groups is 3. The second-order valence-corrected chi connectivity index (χ2v) is 6.98. The smallest absolute Gasteiger partial charge is 0.325 e. The Balaban J connectivity index is 2.14. The summed E-state index contributed by atoms with van der Waals surface area (Å²) in [6, 6.07) is 3.34. The van der Waals surface area contributed by atoms with E-state index in [0.29, 0.717) is 19.6 Å². The fourth-order valence-corrected chi connectivity index (χ4v) is 3.30. The summed E-state index contributed by atoms with van der Waals surface area (Å²) in [6.07, 6.45) is 0.00745. The van der Waals surface area contributed by atoms with Crippen LogP contribution in [0.3, 0.4) is 0 Å². The molecule has 1 N–H and O–H groups in total. The first-order valence-corrected chi connectivity index (χ1v) is 9.24. The van der Waals surface area contributed by atoms with Crippen LogP contribution in [0.5, 0.6) is 5.75 Å². The summed E-state index contributed by atoms with van der Waals surface area (Å²) < 4.78 is 9.96. The maximum atomic E-state index is 12.5. The van der Waals surface area contributed by atoms with Crippen LogP contribution in [0.25, 0.3) is 0 Å². The van der Waals surface area contributed by atoms with E-state index in [4.69, 9.17) is 4.74 Å². The SMILES string of the molecule is COC(=O)CN(C)C(=O)C[C@H]1C(=O)NCCN1Cc1ccc(OC)c(C)c1C. The molecule has 1 fully saturated rings. The molecule has 1 aliphatic heterocycles. The standard InChI is InChI=1S/C20H29N3O5/c1-13-14(2)17(27-4)7-6-15(13)11-23-9-8-21-20(26)16(23)10-18(24)22(3)12-19(25)28-5/h6-7,16H,8-12H2,1-5H3,(H,21,26)/t16-/m0/s1. The van der Waals surface area contributed by atoms with Gasteiger partial charge in [0, 0.05) is 26.7 Å². The van der Waals surface area contributed by atoms with Gasteiger partial charge in [-0.15, -0.1) is 0 Å². The lowest BCUT2D eigenvalue weighted by Gasteiger charge is -2.35. The molecule has 0 aromatic heterocycles. The van der Waals surface area contributed by atoms with Crippen molar-refractivity contribution in [2.45, 2.75) is 32.9 Å². The zero-order valence-electron chi connectivity index (χ0n) is 17.2. The van der Waals surface area contributed by atoms with Crippen molar-refractivity contribution in [1.82, 2.24) is 15.1 Å². The largest absolute Gasteiger partial charge is 0.496 e. The third-order valence-electron chi connectivity index (χ3n) is 5.27. The highest BCUT2D eigenvalue weighted by atomic mass is 16.5. The Morgan fingerprint density at radius 3 is 2.61 bits per heavy atom. The molecule has 1 aliphatic rings. The van der Waals surface area contributed by atoms with E-state index in [9.17, 15) is 14.4 Å². The van der Waals surface area contributed by atoms with Gasteiger partial charge in [0.1, 0.15) is 12.3 Å². The molecule has 0 spiro atoms. The molecule has 0 saturated carbocycles. The summed E-state index contributed by atoms with van der Waals surface area (Å²) in [6.45, 7) is 5.64. The Morgan fingerprint density at radius 2 is 1.96 bits per heavy atom. The predicted octanol–water partition coefficient (Wildman–Crippen LogP) is 0.634. The van der Waals surface area contributed by atoms with Gasteiger partial charge in [-0.2, -0.15) is 0 Å². The first kappa shape index (κ1) is 21.7. The monoisotopic (exact) mass is 391 g/mol. The molecule has 28 heavy (non-hydrogen) atoms. The minimum Gasteiger partial charge on any atom is -0.496 e. The van der Waals surface area contributed by atoms with Crippen LogP contribution in [0.2, 0.25) is 0 Å². The molecule has 1 aromatic rings. The zero-order valence-corrected chi connectivity index (χ0v) is 17.2. The maximum absolute atomic E-state index is 12.5. The number of hydrogen-bond donors (Lipinski definition) is 1. The van der Waals surface area contributed by atoms with E-state index in [1.807, 2.05) is 30.9 Å². The fraction of sp³-hybridized carbons (Fsp3) is 0.550. The van der Waals surface area contributed by atoms with Gasteiger partial charge in [-0.1, -0.05) is 6.07 Å². The van der Waals surface area contributed by atoms with Gasteiger partial charge < -0.3 is 19.7 Å². The van der Waals surface area contributed by atoms with Crippen molar-refractivity contribution < 1.29 is 23.9 Å². The van der Waals surface area contributed by atoms with Crippen LogP contribution in [0.15, 0.2) is 12.1 Å². The number of methoxy groups -OCH3 is 2. The van der Waals surface area contributed by atoms with Crippen molar-refractivity contribution in [1.29, 1.82) is 0 Å². The Hall–Kier alpha value is -2.61. The quantitative estimate of drug-likeness (QED) is 0.686. The Bertz CT molecular complexity index is 750. The second-order valence-electron chi connectivity index (χ2n) is 6.98. The highest BCUT2D eigenvalue weighted by Crippen LogP contribution is 2.26.